The van der Waals surface area contributed by atoms with Gasteiger partial charge in [0.05, 0.1) is 12.1 Å². The predicted molar refractivity (Wildman–Crippen MR) is 65.8 cm³/mol. The van der Waals surface area contributed by atoms with Crippen molar-refractivity contribution < 1.29 is 9.84 Å². The van der Waals surface area contributed by atoms with E-state index in [0.717, 1.165) is 16.9 Å². The standard InChI is InChI=1S/C13H21NO2/c1-9-5-6-10(2)12(11(9)3)16-8-13(4,14)7-15/h5-6,15H,7-8,14H2,1-4H3. The molecule has 1 aromatic carbocycles. The molecule has 0 aliphatic heterocycles. The van der Waals surface area contributed by atoms with E-state index in [4.69, 9.17) is 15.6 Å². The Morgan fingerprint density at radius 1 is 1.25 bits per heavy atom. The number of hydrogen-bond donors (Lipinski definition) is 2. The van der Waals surface area contributed by atoms with Crippen molar-refractivity contribution in [1.29, 1.82) is 0 Å². The van der Waals surface area contributed by atoms with Gasteiger partial charge in [-0.3, -0.25) is 0 Å². The van der Waals surface area contributed by atoms with E-state index in [0.29, 0.717) is 6.61 Å². The van der Waals surface area contributed by atoms with Crippen LogP contribution in [0, 0.1) is 20.8 Å². The van der Waals surface area contributed by atoms with Gasteiger partial charge in [0, 0.05) is 0 Å². The summed E-state index contributed by atoms with van der Waals surface area (Å²) >= 11 is 0. The summed E-state index contributed by atoms with van der Waals surface area (Å²) in [6.45, 7) is 8.09. The highest BCUT2D eigenvalue weighted by Crippen LogP contribution is 2.26. The zero-order chi connectivity index (χ0) is 12.3. The highest BCUT2D eigenvalue weighted by atomic mass is 16.5. The number of benzene rings is 1. The Labute approximate surface area is 97.2 Å². The number of nitrogens with two attached hydrogens (primary N) is 1. The summed E-state index contributed by atoms with van der Waals surface area (Å²) in [5.74, 6) is 0.880. The van der Waals surface area contributed by atoms with Crippen LogP contribution in [0.3, 0.4) is 0 Å². The SMILES string of the molecule is Cc1ccc(C)c(OCC(C)(N)CO)c1C. The van der Waals surface area contributed by atoms with Gasteiger partial charge in [-0.2, -0.15) is 0 Å². The van der Waals surface area contributed by atoms with Crippen LogP contribution in [0.25, 0.3) is 0 Å². The maximum absolute atomic E-state index is 9.06. The van der Waals surface area contributed by atoms with Crippen LogP contribution in [-0.2, 0) is 0 Å². The number of aliphatic hydroxyl groups excluding tert-OH is 1. The maximum Gasteiger partial charge on any atom is 0.125 e. The topological polar surface area (TPSA) is 55.5 Å². The monoisotopic (exact) mass is 223 g/mol. The smallest absolute Gasteiger partial charge is 0.125 e. The molecule has 3 N–H and O–H groups in total. The minimum absolute atomic E-state index is 0.0864. The van der Waals surface area contributed by atoms with Gasteiger partial charge in [-0.25, -0.2) is 0 Å². The Kier molecular flexibility index (Phi) is 3.94. The van der Waals surface area contributed by atoms with E-state index in [9.17, 15) is 0 Å². The first-order valence-electron chi connectivity index (χ1n) is 5.47. The average molecular weight is 223 g/mol. The number of ether oxygens (including phenoxy) is 1. The molecule has 90 valence electrons. The van der Waals surface area contributed by atoms with Gasteiger partial charge in [0.1, 0.15) is 12.4 Å². The van der Waals surface area contributed by atoms with E-state index >= 15 is 0 Å². The zero-order valence-electron chi connectivity index (χ0n) is 10.5. The van der Waals surface area contributed by atoms with E-state index in [1.807, 2.05) is 19.9 Å². The molecule has 1 rings (SSSR count). The molecule has 3 heteroatoms. The third-order valence-corrected chi connectivity index (χ3v) is 2.78. The van der Waals surface area contributed by atoms with Crippen LogP contribution in [0.2, 0.25) is 0 Å². The average Bonchev–Trinajstić information content (AvgIpc) is 2.24. The van der Waals surface area contributed by atoms with Crippen molar-refractivity contribution >= 4 is 0 Å². The molecular weight excluding hydrogens is 202 g/mol. The Balaban J connectivity index is 2.86. The van der Waals surface area contributed by atoms with Crippen LogP contribution < -0.4 is 10.5 Å². The molecule has 0 radical (unpaired) electrons. The lowest BCUT2D eigenvalue weighted by molar-refractivity contribution is 0.145. The predicted octanol–water partition coefficient (Wildman–Crippen LogP) is 1.70. The second-order valence-corrected chi connectivity index (χ2v) is 4.75. The molecule has 0 heterocycles. The third-order valence-electron chi connectivity index (χ3n) is 2.78. The summed E-state index contributed by atoms with van der Waals surface area (Å²) < 4.78 is 5.72. The molecule has 1 atom stereocenters. The fourth-order valence-corrected chi connectivity index (χ4v) is 1.43. The fraction of sp³-hybridized carbons (Fsp3) is 0.538. The normalized spacial score (nSPS) is 14.6. The van der Waals surface area contributed by atoms with Crippen molar-refractivity contribution in [2.45, 2.75) is 33.2 Å². The van der Waals surface area contributed by atoms with Gasteiger partial charge < -0.3 is 15.6 Å². The van der Waals surface area contributed by atoms with Crippen LogP contribution in [0.4, 0.5) is 0 Å². The van der Waals surface area contributed by atoms with Crippen LogP contribution in [0.5, 0.6) is 5.75 Å². The first-order valence-corrected chi connectivity index (χ1v) is 5.47. The number of rotatable bonds is 4. The highest BCUT2D eigenvalue weighted by molar-refractivity contribution is 5.44. The first kappa shape index (κ1) is 13.0. The quantitative estimate of drug-likeness (QED) is 0.817. The highest BCUT2D eigenvalue weighted by Gasteiger charge is 2.19. The first-order chi connectivity index (χ1) is 7.37. The van der Waals surface area contributed by atoms with E-state index in [2.05, 4.69) is 13.0 Å². The van der Waals surface area contributed by atoms with Crippen LogP contribution in [-0.4, -0.2) is 23.9 Å². The molecule has 0 aromatic heterocycles. The summed E-state index contributed by atoms with van der Waals surface area (Å²) in [5.41, 5.74) is 8.56. The van der Waals surface area contributed by atoms with E-state index in [1.54, 1.807) is 6.92 Å². The molecular formula is C13H21NO2. The lowest BCUT2D eigenvalue weighted by Crippen LogP contribution is -2.46. The van der Waals surface area contributed by atoms with Gasteiger partial charge >= 0.3 is 0 Å². The van der Waals surface area contributed by atoms with Crippen molar-refractivity contribution in [2.24, 2.45) is 5.73 Å². The van der Waals surface area contributed by atoms with Crippen molar-refractivity contribution in [2.75, 3.05) is 13.2 Å². The molecule has 0 aliphatic rings. The largest absolute Gasteiger partial charge is 0.491 e. The Hall–Kier alpha value is -1.06. The lowest BCUT2D eigenvalue weighted by Gasteiger charge is -2.23. The van der Waals surface area contributed by atoms with Gasteiger partial charge in [-0.05, 0) is 44.4 Å². The molecule has 3 nitrogen and oxygen atoms in total. The molecule has 0 saturated carbocycles. The van der Waals surface area contributed by atoms with E-state index < -0.39 is 5.54 Å². The Bertz CT molecular complexity index is 372. The molecule has 1 unspecified atom stereocenters. The van der Waals surface area contributed by atoms with Gasteiger partial charge in [-0.1, -0.05) is 12.1 Å². The van der Waals surface area contributed by atoms with E-state index in [1.165, 1.54) is 5.56 Å². The molecule has 0 fully saturated rings. The Morgan fingerprint density at radius 2 is 1.81 bits per heavy atom. The number of aliphatic hydroxyl groups is 1. The van der Waals surface area contributed by atoms with Crippen molar-refractivity contribution in [3.63, 3.8) is 0 Å². The summed E-state index contributed by atoms with van der Waals surface area (Å²) in [6, 6.07) is 4.11. The summed E-state index contributed by atoms with van der Waals surface area (Å²) in [4.78, 5) is 0. The van der Waals surface area contributed by atoms with Crippen molar-refractivity contribution in [3.05, 3.63) is 28.8 Å². The molecule has 0 spiro atoms. The molecule has 1 aromatic rings. The van der Waals surface area contributed by atoms with Crippen molar-refractivity contribution in [1.82, 2.24) is 0 Å². The van der Waals surface area contributed by atoms with Crippen LogP contribution in [0.15, 0.2) is 12.1 Å². The second-order valence-electron chi connectivity index (χ2n) is 4.75. The molecule has 16 heavy (non-hydrogen) atoms. The van der Waals surface area contributed by atoms with E-state index in [-0.39, 0.29) is 6.61 Å². The third kappa shape index (κ3) is 2.97. The Morgan fingerprint density at radius 3 is 2.38 bits per heavy atom. The second kappa shape index (κ2) is 4.85. The minimum atomic E-state index is -0.692. The fourth-order valence-electron chi connectivity index (χ4n) is 1.43. The lowest BCUT2D eigenvalue weighted by atomic mass is 10.0. The molecule has 0 saturated heterocycles. The van der Waals surface area contributed by atoms with Gasteiger partial charge in [-0.15, -0.1) is 0 Å². The molecule has 0 aliphatic carbocycles. The zero-order valence-corrected chi connectivity index (χ0v) is 10.5. The maximum atomic E-state index is 9.06. The van der Waals surface area contributed by atoms with Gasteiger partial charge in [0.25, 0.3) is 0 Å². The minimum Gasteiger partial charge on any atom is -0.491 e. The number of hydrogen-bond acceptors (Lipinski definition) is 3. The summed E-state index contributed by atoms with van der Waals surface area (Å²) in [5, 5.41) is 9.06. The molecule has 0 amide bonds. The summed E-state index contributed by atoms with van der Waals surface area (Å²) in [7, 11) is 0. The number of aryl methyl sites for hydroxylation is 2. The molecule has 0 bridgehead atoms. The van der Waals surface area contributed by atoms with Crippen molar-refractivity contribution in [3.8, 4) is 5.75 Å². The van der Waals surface area contributed by atoms with Gasteiger partial charge in [0.15, 0.2) is 0 Å². The van der Waals surface area contributed by atoms with Crippen LogP contribution in [0.1, 0.15) is 23.6 Å². The van der Waals surface area contributed by atoms with Crippen LogP contribution >= 0.6 is 0 Å². The van der Waals surface area contributed by atoms with Gasteiger partial charge in [0.2, 0.25) is 0 Å². The summed E-state index contributed by atoms with van der Waals surface area (Å²) in [6.07, 6.45) is 0.